The fourth-order valence-corrected chi connectivity index (χ4v) is 2.84. The predicted octanol–water partition coefficient (Wildman–Crippen LogP) is 3.28. The van der Waals surface area contributed by atoms with Gasteiger partial charge in [-0.2, -0.15) is 0 Å². The van der Waals surface area contributed by atoms with Crippen LogP contribution in [0.15, 0.2) is 67.3 Å². The summed E-state index contributed by atoms with van der Waals surface area (Å²) in [4.78, 5) is 17.5. The van der Waals surface area contributed by atoms with Gasteiger partial charge < -0.3 is 4.74 Å². The number of fused-ring (bicyclic) bond motifs is 1. The Hall–Kier alpha value is -3.74. The largest absolute Gasteiger partial charge is 0.494 e. The van der Waals surface area contributed by atoms with E-state index >= 15 is 0 Å². The number of hydrogen-bond donors (Lipinski definition) is 1. The third kappa shape index (κ3) is 3.48. The summed E-state index contributed by atoms with van der Waals surface area (Å²) in [5.41, 5.74) is 5.63. The molecule has 2 aromatic heterocycles. The number of ether oxygens (including phenoxy) is 1. The van der Waals surface area contributed by atoms with E-state index in [1.54, 1.807) is 6.07 Å². The molecule has 2 aromatic carbocycles. The molecule has 7 nitrogen and oxygen atoms in total. The number of rotatable bonds is 5. The summed E-state index contributed by atoms with van der Waals surface area (Å²) >= 11 is 0. The van der Waals surface area contributed by atoms with Crippen molar-refractivity contribution in [2.75, 3.05) is 12.0 Å². The highest BCUT2D eigenvalue weighted by Crippen LogP contribution is 2.26. The minimum absolute atomic E-state index is 0.263. The second kappa shape index (κ2) is 7.25. The molecule has 0 fully saturated rings. The van der Waals surface area contributed by atoms with Crippen LogP contribution >= 0.6 is 0 Å². The van der Waals surface area contributed by atoms with Crippen molar-refractivity contribution in [2.24, 2.45) is 0 Å². The predicted molar refractivity (Wildman–Crippen MR) is 102 cm³/mol. The van der Waals surface area contributed by atoms with Crippen LogP contribution in [0.25, 0.3) is 22.2 Å². The van der Waals surface area contributed by atoms with E-state index in [-0.39, 0.29) is 5.91 Å². The lowest BCUT2D eigenvalue weighted by Gasteiger charge is -2.11. The first-order valence-electron chi connectivity index (χ1n) is 8.53. The van der Waals surface area contributed by atoms with E-state index in [0.717, 1.165) is 22.2 Å². The van der Waals surface area contributed by atoms with Gasteiger partial charge in [0.25, 0.3) is 5.91 Å². The van der Waals surface area contributed by atoms with Crippen molar-refractivity contribution in [3.63, 3.8) is 0 Å². The van der Waals surface area contributed by atoms with Gasteiger partial charge in [0.15, 0.2) is 0 Å². The van der Waals surface area contributed by atoms with E-state index in [9.17, 15) is 4.79 Å². The Labute approximate surface area is 155 Å². The first-order valence-corrected chi connectivity index (χ1v) is 8.53. The molecule has 0 radical (unpaired) electrons. The molecule has 0 spiro atoms. The van der Waals surface area contributed by atoms with Crippen LogP contribution in [-0.4, -0.2) is 32.4 Å². The van der Waals surface area contributed by atoms with Crippen molar-refractivity contribution in [3.8, 4) is 17.0 Å². The molecule has 0 bridgehead atoms. The molecule has 4 aromatic rings. The highest BCUT2D eigenvalue weighted by molar-refractivity contribution is 6.10. The molecule has 0 unspecified atom stereocenters. The Morgan fingerprint density at radius 1 is 1.07 bits per heavy atom. The van der Waals surface area contributed by atoms with Crippen LogP contribution in [0.3, 0.4) is 0 Å². The number of benzene rings is 2. The van der Waals surface area contributed by atoms with Gasteiger partial charge in [-0.15, -0.1) is 10.2 Å². The smallest absolute Gasteiger partial charge is 0.270 e. The fraction of sp³-hybridized carbons (Fsp3) is 0.100. The minimum atomic E-state index is -0.263. The first-order chi connectivity index (χ1) is 13.2. The van der Waals surface area contributed by atoms with Crippen LogP contribution < -0.4 is 10.2 Å². The van der Waals surface area contributed by atoms with Gasteiger partial charge in [0.05, 0.1) is 23.4 Å². The summed E-state index contributed by atoms with van der Waals surface area (Å²) < 4.78 is 6.90. The number of pyridine rings is 1. The van der Waals surface area contributed by atoms with Crippen molar-refractivity contribution in [1.82, 2.24) is 19.9 Å². The molecule has 2 heterocycles. The molecule has 0 atom stereocenters. The molecule has 7 heteroatoms. The Bertz CT molecular complexity index is 1080. The molecular weight excluding hydrogens is 342 g/mol. The molecule has 27 heavy (non-hydrogen) atoms. The van der Waals surface area contributed by atoms with Crippen LogP contribution in [0.4, 0.5) is 0 Å². The Balaban J connectivity index is 1.77. The molecular formula is C20H17N5O2. The lowest BCUT2D eigenvalue weighted by Crippen LogP contribution is -2.22. The topological polar surface area (TPSA) is 81.9 Å². The number of carbonyl (C=O) groups is 1. The maximum absolute atomic E-state index is 12.8. The number of hydrogen-bond acceptors (Lipinski definition) is 5. The van der Waals surface area contributed by atoms with Crippen LogP contribution in [0, 0.1) is 0 Å². The molecule has 0 aliphatic carbocycles. The lowest BCUT2D eigenvalue weighted by atomic mass is 10.0. The summed E-state index contributed by atoms with van der Waals surface area (Å²) in [7, 11) is 0. The number of para-hydroxylation sites is 1. The molecule has 1 N–H and O–H groups in total. The molecule has 0 aliphatic heterocycles. The maximum atomic E-state index is 12.8. The van der Waals surface area contributed by atoms with Crippen molar-refractivity contribution in [2.45, 2.75) is 6.92 Å². The number of amides is 1. The van der Waals surface area contributed by atoms with Gasteiger partial charge in [-0.05, 0) is 43.3 Å². The number of carbonyl (C=O) groups excluding carboxylic acids is 1. The Morgan fingerprint density at radius 2 is 1.81 bits per heavy atom. The molecule has 1 amide bonds. The maximum Gasteiger partial charge on any atom is 0.270 e. The van der Waals surface area contributed by atoms with Gasteiger partial charge in [-0.25, -0.2) is 9.66 Å². The van der Waals surface area contributed by atoms with Gasteiger partial charge in [-0.1, -0.05) is 18.2 Å². The van der Waals surface area contributed by atoms with Gasteiger partial charge in [0.1, 0.15) is 18.4 Å². The van der Waals surface area contributed by atoms with Gasteiger partial charge in [-0.3, -0.25) is 10.2 Å². The number of nitrogens with one attached hydrogen (secondary N) is 1. The first kappa shape index (κ1) is 16.7. The number of nitrogens with zero attached hydrogens (tertiary/aromatic N) is 4. The van der Waals surface area contributed by atoms with E-state index in [0.29, 0.717) is 17.9 Å². The molecule has 134 valence electrons. The van der Waals surface area contributed by atoms with Crippen molar-refractivity contribution in [3.05, 3.63) is 72.8 Å². The van der Waals surface area contributed by atoms with E-state index in [1.165, 1.54) is 17.3 Å². The molecule has 0 aliphatic rings. The lowest BCUT2D eigenvalue weighted by molar-refractivity contribution is 0.101. The van der Waals surface area contributed by atoms with E-state index in [2.05, 4.69) is 15.6 Å². The quantitative estimate of drug-likeness (QED) is 0.591. The summed E-state index contributed by atoms with van der Waals surface area (Å²) in [6, 6.07) is 17.0. The van der Waals surface area contributed by atoms with Gasteiger partial charge in [0, 0.05) is 10.9 Å². The second-order valence-corrected chi connectivity index (χ2v) is 5.84. The van der Waals surface area contributed by atoms with Crippen molar-refractivity contribution < 1.29 is 9.53 Å². The summed E-state index contributed by atoms with van der Waals surface area (Å²) in [6.45, 7) is 2.56. The van der Waals surface area contributed by atoms with Crippen LogP contribution in [-0.2, 0) is 0 Å². The van der Waals surface area contributed by atoms with Gasteiger partial charge in [0.2, 0.25) is 0 Å². The molecule has 4 rings (SSSR count). The highest BCUT2D eigenvalue weighted by Gasteiger charge is 2.14. The van der Waals surface area contributed by atoms with E-state index < -0.39 is 0 Å². The zero-order chi connectivity index (χ0) is 18.6. The molecule has 0 saturated carbocycles. The second-order valence-electron chi connectivity index (χ2n) is 5.84. The van der Waals surface area contributed by atoms with Crippen LogP contribution in [0.5, 0.6) is 5.75 Å². The summed E-state index contributed by atoms with van der Waals surface area (Å²) in [5, 5.41) is 8.16. The summed E-state index contributed by atoms with van der Waals surface area (Å²) in [5.74, 6) is 0.535. The Morgan fingerprint density at radius 3 is 2.56 bits per heavy atom. The summed E-state index contributed by atoms with van der Waals surface area (Å²) in [6.07, 6.45) is 2.85. The fourth-order valence-electron chi connectivity index (χ4n) is 2.84. The van der Waals surface area contributed by atoms with Crippen LogP contribution in [0.1, 0.15) is 17.3 Å². The third-order valence-electron chi connectivity index (χ3n) is 4.07. The monoisotopic (exact) mass is 359 g/mol. The SMILES string of the molecule is CCOc1ccc(-c2cc(C(=O)Nn3cnnc3)c3ccccc3n2)cc1. The van der Waals surface area contributed by atoms with Gasteiger partial charge >= 0.3 is 0 Å². The average Bonchev–Trinajstić information content (AvgIpc) is 3.21. The minimum Gasteiger partial charge on any atom is -0.494 e. The zero-order valence-electron chi connectivity index (χ0n) is 14.7. The van der Waals surface area contributed by atoms with E-state index in [1.807, 2.05) is 55.5 Å². The van der Waals surface area contributed by atoms with Crippen molar-refractivity contribution >= 4 is 16.8 Å². The normalized spacial score (nSPS) is 10.7. The third-order valence-corrected chi connectivity index (χ3v) is 4.07. The zero-order valence-corrected chi connectivity index (χ0v) is 14.7. The Kier molecular flexibility index (Phi) is 4.49. The standard InChI is InChI=1S/C20H17N5O2/c1-2-27-15-9-7-14(8-10-15)19-11-17(16-5-3-4-6-18(16)23-19)20(26)24-25-12-21-22-13-25/h3-13H,2H2,1H3,(H,24,26). The highest BCUT2D eigenvalue weighted by atomic mass is 16.5. The number of aromatic nitrogens is 4. The van der Waals surface area contributed by atoms with Crippen LogP contribution in [0.2, 0.25) is 0 Å². The van der Waals surface area contributed by atoms with E-state index in [4.69, 9.17) is 9.72 Å². The molecule has 0 saturated heterocycles. The average molecular weight is 359 g/mol. The van der Waals surface area contributed by atoms with Crippen molar-refractivity contribution in [1.29, 1.82) is 0 Å².